The molecule has 0 saturated heterocycles. The molecule has 0 aliphatic carbocycles. The fourth-order valence-corrected chi connectivity index (χ4v) is 3.69. The van der Waals surface area contributed by atoms with Crippen molar-refractivity contribution < 1.29 is 21.6 Å². The van der Waals surface area contributed by atoms with E-state index in [1.165, 1.54) is 29.9 Å². The Morgan fingerprint density at radius 2 is 1.62 bits per heavy atom. The number of alkyl halides is 3. The van der Waals surface area contributed by atoms with Crippen molar-refractivity contribution in [2.24, 2.45) is 0 Å². The molecule has 0 saturated carbocycles. The van der Waals surface area contributed by atoms with Crippen LogP contribution in [0.1, 0.15) is 11.3 Å². The lowest BCUT2D eigenvalue weighted by molar-refractivity contribution is -0.136. The second kappa shape index (κ2) is 6.49. The minimum absolute atomic E-state index is 0.172. The summed E-state index contributed by atoms with van der Waals surface area (Å²) in [5.74, 6) is 0. The molecule has 5 nitrogen and oxygen atoms in total. The highest BCUT2D eigenvalue weighted by Crippen LogP contribution is 2.35. The van der Waals surface area contributed by atoms with Crippen molar-refractivity contribution in [2.75, 3.05) is 4.72 Å². The lowest BCUT2D eigenvalue weighted by Gasteiger charge is -2.14. The molecule has 1 N–H and O–H groups in total. The predicted molar refractivity (Wildman–Crippen MR) is 90.6 cm³/mol. The summed E-state index contributed by atoms with van der Waals surface area (Å²) in [7, 11) is -4.25. The SMILES string of the molecule is Cc1nn(-c2ccccc2)cc1S(=O)(=O)Nc1ccccc1C(F)(F)F. The molecule has 0 fully saturated rings. The van der Waals surface area contributed by atoms with Crippen molar-refractivity contribution >= 4 is 15.7 Å². The van der Waals surface area contributed by atoms with Crippen molar-refractivity contribution in [3.05, 3.63) is 72.1 Å². The summed E-state index contributed by atoms with van der Waals surface area (Å²) in [6.07, 6.45) is -3.41. The average Bonchev–Trinajstić information content (AvgIpc) is 2.98. The molecule has 0 aliphatic heterocycles. The van der Waals surface area contributed by atoms with Crippen LogP contribution in [0.3, 0.4) is 0 Å². The monoisotopic (exact) mass is 381 g/mol. The van der Waals surface area contributed by atoms with E-state index in [0.29, 0.717) is 5.69 Å². The van der Waals surface area contributed by atoms with Crippen molar-refractivity contribution in [3.63, 3.8) is 0 Å². The first-order chi connectivity index (χ1) is 12.2. The van der Waals surface area contributed by atoms with Crippen LogP contribution < -0.4 is 4.72 Å². The van der Waals surface area contributed by atoms with Gasteiger partial charge in [-0.25, -0.2) is 13.1 Å². The van der Waals surface area contributed by atoms with Crippen LogP contribution in [0, 0.1) is 6.92 Å². The molecule has 1 heterocycles. The fourth-order valence-electron chi connectivity index (χ4n) is 2.44. The Bertz CT molecular complexity index is 1030. The number of anilines is 1. The Kier molecular flexibility index (Phi) is 4.49. The first-order valence-electron chi connectivity index (χ1n) is 7.49. The van der Waals surface area contributed by atoms with Gasteiger partial charge in [-0.05, 0) is 31.2 Å². The lowest BCUT2D eigenvalue weighted by Crippen LogP contribution is -2.17. The molecule has 0 radical (unpaired) electrons. The average molecular weight is 381 g/mol. The molecule has 2 aromatic carbocycles. The topological polar surface area (TPSA) is 64.0 Å². The van der Waals surface area contributed by atoms with Gasteiger partial charge in [-0.1, -0.05) is 30.3 Å². The number of hydrogen-bond donors (Lipinski definition) is 1. The van der Waals surface area contributed by atoms with Gasteiger partial charge in [-0.2, -0.15) is 18.3 Å². The number of para-hydroxylation sites is 2. The highest BCUT2D eigenvalue weighted by atomic mass is 32.2. The van der Waals surface area contributed by atoms with E-state index in [2.05, 4.69) is 5.10 Å². The summed E-state index contributed by atoms with van der Waals surface area (Å²) >= 11 is 0. The van der Waals surface area contributed by atoms with Crippen molar-refractivity contribution in [3.8, 4) is 5.69 Å². The molecule has 26 heavy (non-hydrogen) atoms. The molecule has 0 unspecified atom stereocenters. The van der Waals surface area contributed by atoms with Crippen LogP contribution >= 0.6 is 0 Å². The van der Waals surface area contributed by atoms with Gasteiger partial charge in [0.2, 0.25) is 0 Å². The van der Waals surface area contributed by atoms with E-state index in [1.54, 1.807) is 30.3 Å². The first kappa shape index (κ1) is 18.0. The molecule has 1 aromatic heterocycles. The van der Waals surface area contributed by atoms with Gasteiger partial charge in [0.05, 0.1) is 28.8 Å². The number of halogens is 3. The Morgan fingerprint density at radius 3 is 2.27 bits per heavy atom. The maximum atomic E-state index is 13.1. The van der Waals surface area contributed by atoms with E-state index >= 15 is 0 Å². The zero-order valence-corrected chi connectivity index (χ0v) is 14.3. The summed E-state index contributed by atoms with van der Waals surface area (Å²) in [6.45, 7) is 1.48. The van der Waals surface area contributed by atoms with Crippen LogP contribution in [0.4, 0.5) is 18.9 Å². The van der Waals surface area contributed by atoms with E-state index in [1.807, 2.05) is 4.72 Å². The number of benzene rings is 2. The molecular formula is C17H14F3N3O2S. The standard InChI is InChI=1S/C17H14F3N3O2S/c1-12-16(11-23(21-12)13-7-3-2-4-8-13)26(24,25)22-15-10-6-5-9-14(15)17(18,19)20/h2-11,22H,1H3. The second-order valence-corrected chi connectivity index (χ2v) is 7.16. The maximum absolute atomic E-state index is 13.1. The third-order valence-electron chi connectivity index (χ3n) is 3.64. The normalized spacial score (nSPS) is 12.2. The van der Waals surface area contributed by atoms with E-state index in [0.717, 1.165) is 12.1 Å². The number of nitrogens with zero attached hydrogens (tertiary/aromatic N) is 2. The minimum Gasteiger partial charge on any atom is -0.279 e. The minimum atomic E-state index is -4.68. The van der Waals surface area contributed by atoms with Gasteiger partial charge < -0.3 is 0 Å². The number of aryl methyl sites for hydroxylation is 1. The number of sulfonamides is 1. The lowest BCUT2D eigenvalue weighted by atomic mass is 10.2. The van der Waals surface area contributed by atoms with Gasteiger partial charge in [-0.15, -0.1) is 0 Å². The molecule has 0 bridgehead atoms. The van der Waals surface area contributed by atoms with Crippen LogP contribution in [0.2, 0.25) is 0 Å². The molecule has 136 valence electrons. The molecule has 0 aliphatic rings. The quantitative estimate of drug-likeness (QED) is 0.743. The van der Waals surface area contributed by atoms with E-state index in [4.69, 9.17) is 0 Å². The predicted octanol–water partition coefficient (Wildman–Crippen LogP) is 4.00. The number of rotatable bonds is 4. The smallest absolute Gasteiger partial charge is 0.279 e. The Morgan fingerprint density at radius 1 is 1.00 bits per heavy atom. The second-order valence-electron chi connectivity index (χ2n) is 5.51. The largest absolute Gasteiger partial charge is 0.418 e. The summed E-state index contributed by atoms with van der Waals surface area (Å²) in [5, 5.41) is 4.14. The molecule has 9 heteroatoms. The van der Waals surface area contributed by atoms with Crippen molar-refractivity contribution in [2.45, 2.75) is 18.0 Å². The van der Waals surface area contributed by atoms with Crippen LogP contribution in [0.5, 0.6) is 0 Å². The van der Waals surface area contributed by atoms with Crippen LogP contribution in [-0.4, -0.2) is 18.2 Å². The van der Waals surface area contributed by atoms with Gasteiger partial charge in [0.15, 0.2) is 0 Å². The third-order valence-corrected chi connectivity index (χ3v) is 5.11. The highest BCUT2D eigenvalue weighted by Gasteiger charge is 2.34. The van der Waals surface area contributed by atoms with E-state index in [9.17, 15) is 21.6 Å². The van der Waals surface area contributed by atoms with Gasteiger partial charge in [0, 0.05) is 0 Å². The van der Waals surface area contributed by atoms with Crippen molar-refractivity contribution in [1.82, 2.24) is 9.78 Å². The zero-order chi connectivity index (χ0) is 18.9. The Hall–Kier alpha value is -2.81. The summed E-state index contributed by atoms with van der Waals surface area (Å²) in [6, 6.07) is 13.2. The maximum Gasteiger partial charge on any atom is 0.418 e. The van der Waals surface area contributed by atoms with Gasteiger partial charge in [0.25, 0.3) is 10.0 Å². The zero-order valence-electron chi connectivity index (χ0n) is 13.5. The van der Waals surface area contributed by atoms with Gasteiger partial charge in [-0.3, -0.25) is 4.72 Å². The third kappa shape index (κ3) is 3.57. The molecular weight excluding hydrogens is 367 g/mol. The van der Waals surface area contributed by atoms with E-state index in [-0.39, 0.29) is 10.6 Å². The summed E-state index contributed by atoms with van der Waals surface area (Å²) in [5.41, 5.74) is -0.790. The molecule has 0 spiro atoms. The number of aromatic nitrogens is 2. The molecule has 0 atom stereocenters. The Balaban J connectivity index is 2.00. The molecule has 3 rings (SSSR count). The molecule has 3 aromatic rings. The highest BCUT2D eigenvalue weighted by molar-refractivity contribution is 7.92. The summed E-state index contributed by atoms with van der Waals surface area (Å²) in [4.78, 5) is -0.196. The van der Waals surface area contributed by atoms with E-state index < -0.39 is 27.5 Å². The fraction of sp³-hybridized carbons (Fsp3) is 0.118. The van der Waals surface area contributed by atoms with Crippen molar-refractivity contribution in [1.29, 1.82) is 0 Å². The number of nitrogens with one attached hydrogen (secondary N) is 1. The molecule has 0 amide bonds. The van der Waals surface area contributed by atoms with Crippen LogP contribution in [0.15, 0.2) is 65.7 Å². The Labute approximate surface area is 148 Å². The summed E-state index contributed by atoms with van der Waals surface area (Å²) < 4.78 is 67.8. The first-order valence-corrected chi connectivity index (χ1v) is 8.97. The van der Waals surface area contributed by atoms with Gasteiger partial charge >= 0.3 is 6.18 Å². The van der Waals surface area contributed by atoms with Crippen LogP contribution in [0.25, 0.3) is 5.69 Å². The van der Waals surface area contributed by atoms with Crippen LogP contribution in [-0.2, 0) is 16.2 Å². The van der Waals surface area contributed by atoms with Gasteiger partial charge in [0.1, 0.15) is 4.90 Å². The number of hydrogen-bond acceptors (Lipinski definition) is 3.